The fraction of sp³-hybridized carbons (Fsp3) is 0.0500. The van der Waals surface area contributed by atoms with Crippen LogP contribution >= 0.6 is 23.8 Å². The SMILES string of the molecule is COc1ccccc1NS(=O)(=O)c1ccc(NC(=S)Nc2ccccc2Cl)cc1. The van der Waals surface area contributed by atoms with E-state index in [0.717, 1.165) is 0 Å². The maximum absolute atomic E-state index is 12.6. The highest BCUT2D eigenvalue weighted by Crippen LogP contribution is 2.26. The molecule has 0 radical (unpaired) electrons. The lowest BCUT2D eigenvalue weighted by Crippen LogP contribution is -2.19. The van der Waals surface area contributed by atoms with Gasteiger partial charge in [-0.25, -0.2) is 8.42 Å². The smallest absolute Gasteiger partial charge is 0.262 e. The predicted molar refractivity (Wildman–Crippen MR) is 122 cm³/mol. The summed E-state index contributed by atoms with van der Waals surface area (Å²) in [6.45, 7) is 0. The van der Waals surface area contributed by atoms with Crippen LogP contribution in [0.5, 0.6) is 5.75 Å². The first-order valence-electron chi connectivity index (χ1n) is 8.47. The molecule has 3 aromatic rings. The summed E-state index contributed by atoms with van der Waals surface area (Å²) >= 11 is 11.4. The Labute approximate surface area is 179 Å². The van der Waals surface area contributed by atoms with Crippen LogP contribution in [0.25, 0.3) is 0 Å². The van der Waals surface area contributed by atoms with Gasteiger partial charge in [0.05, 0.1) is 28.4 Å². The number of hydrogen-bond donors (Lipinski definition) is 3. The van der Waals surface area contributed by atoms with E-state index in [2.05, 4.69) is 15.4 Å². The van der Waals surface area contributed by atoms with Crippen LogP contribution in [0.4, 0.5) is 17.1 Å². The lowest BCUT2D eigenvalue weighted by atomic mass is 10.3. The minimum absolute atomic E-state index is 0.110. The number of para-hydroxylation sites is 3. The third kappa shape index (κ3) is 5.38. The highest BCUT2D eigenvalue weighted by atomic mass is 35.5. The summed E-state index contributed by atoms with van der Waals surface area (Å²) < 4.78 is 33.0. The van der Waals surface area contributed by atoms with Gasteiger partial charge in [-0.05, 0) is 60.7 Å². The van der Waals surface area contributed by atoms with Gasteiger partial charge < -0.3 is 15.4 Å². The molecule has 0 aliphatic rings. The Kier molecular flexibility index (Phi) is 6.58. The second-order valence-corrected chi connectivity index (χ2v) is 8.39. The Hall–Kier alpha value is -2.81. The van der Waals surface area contributed by atoms with Crippen molar-refractivity contribution < 1.29 is 13.2 Å². The second kappa shape index (κ2) is 9.13. The van der Waals surface area contributed by atoms with Crippen molar-refractivity contribution in [2.24, 2.45) is 0 Å². The summed E-state index contributed by atoms with van der Waals surface area (Å²) in [4.78, 5) is 0.110. The van der Waals surface area contributed by atoms with Crippen molar-refractivity contribution in [3.8, 4) is 5.75 Å². The Morgan fingerprint density at radius 3 is 2.17 bits per heavy atom. The van der Waals surface area contributed by atoms with Crippen molar-refractivity contribution in [2.45, 2.75) is 4.90 Å². The molecule has 0 aliphatic carbocycles. The van der Waals surface area contributed by atoms with Crippen LogP contribution < -0.4 is 20.1 Å². The Morgan fingerprint density at radius 2 is 1.52 bits per heavy atom. The number of ether oxygens (including phenoxy) is 1. The number of sulfonamides is 1. The predicted octanol–water partition coefficient (Wildman–Crippen LogP) is 4.96. The molecule has 0 atom stereocenters. The Bertz CT molecular complexity index is 1120. The van der Waals surface area contributed by atoms with Gasteiger partial charge in [0.2, 0.25) is 0 Å². The number of methoxy groups -OCH3 is 1. The van der Waals surface area contributed by atoms with Crippen molar-refractivity contribution in [1.29, 1.82) is 0 Å². The second-order valence-electron chi connectivity index (χ2n) is 5.89. The average molecular weight is 448 g/mol. The molecule has 0 aliphatic heterocycles. The Morgan fingerprint density at radius 1 is 0.897 bits per heavy atom. The molecule has 3 aromatic carbocycles. The van der Waals surface area contributed by atoms with E-state index in [1.165, 1.54) is 19.2 Å². The average Bonchev–Trinajstić information content (AvgIpc) is 2.70. The van der Waals surface area contributed by atoms with Gasteiger partial charge in [-0.2, -0.15) is 0 Å². The van der Waals surface area contributed by atoms with Crippen molar-refractivity contribution in [3.05, 3.63) is 77.8 Å². The molecule has 0 saturated heterocycles. The zero-order valence-electron chi connectivity index (χ0n) is 15.3. The van der Waals surface area contributed by atoms with Crippen LogP contribution in [-0.2, 0) is 10.0 Å². The molecule has 0 spiro atoms. The van der Waals surface area contributed by atoms with E-state index in [9.17, 15) is 8.42 Å². The van der Waals surface area contributed by atoms with Crippen molar-refractivity contribution >= 4 is 56.0 Å². The van der Waals surface area contributed by atoms with Gasteiger partial charge in [0.15, 0.2) is 5.11 Å². The van der Waals surface area contributed by atoms with Gasteiger partial charge in [-0.15, -0.1) is 0 Å². The number of thiocarbonyl (C=S) groups is 1. The summed E-state index contributed by atoms with van der Waals surface area (Å²) in [7, 11) is -2.29. The largest absolute Gasteiger partial charge is 0.495 e. The minimum Gasteiger partial charge on any atom is -0.495 e. The fourth-order valence-corrected chi connectivity index (χ4v) is 3.98. The van der Waals surface area contributed by atoms with Crippen LogP contribution in [0, 0.1) is 0 Å². The summed E-state index contributed by atoms with van der Waals surface area (Å²) in [5.41, 5.74) is 1.67. The zero-order chi connectivity index (χ0) is 20.9. The van der Waals surface area contributed by atoms with Crippen LogP contribution in [0.2, 0.25) is 5.02 Å². The molecule has 0 amide bonds. The summed E-state index contributed by atoms with van der Waals surface area (Å²) in [5.74, 6) is 0.436. The number of nitrogens with one attached hydrogen (secondary N) is 3. The topological polar surface area (TPSA) is 79.5 Å². The molecule has 0 fully saturated rings. The molecular weight excluding hydrogens is 430 g/mol. The van der Waals surface area contributed by atoms with E-state index in [0.29, 0.717) is 32.9 Å². The molecular formula is C20H18ClN3O3S2. The number of halogens is 1. The van der Waals surface area contributed by atoms with E-state index < -0.39 is 10.0 Å². The van der Waals surface area contributed by atoms with Gasteiger partial charge in [-0.1, -0.05) is 35.9 Å². The molecule has 0 heterocycles. The third-order valence-corrected chi connectivity index (χ3v) is 5.81. The van der Waals surface area contributed by atoms with Gasteiger partial charge in [-0.3, -0.25) is 4.72 Å². The highest BCUT2D eigenvalue weighted by Gasteiger charge is 2.16. The Balaban J connectivity index is 1.69. The first-order chi connectivity index (χ1) is 13.9. The van der Waals surface area contributed by atoms with Gasteiger partial charge >= 0.3 is 0 Å². The maximum atomic E-state index is 12.6. The molecule has 3 N–H and O–H groups in total. The van der Waals surface area contributed by atoms with E-state index in [1.807, 2.05) is 12.1 Å². The quantitative estimate of drug-likeness (QED) is 0.463. The van der Waals surface area contributed by atoms with Crippen molar-refractivity contribution in [1.82, 2.24) is 0 Å². The normalized spacial score (nSPS) is 10.8. The minimum atomic E-state index is -3.77. The molecule has 0 aromatic heterocycles. The standard InChI is InChI=1S/C20H18ClN3O3S2/c1-27-19-9-5-4-8-18(19)24-29(25,26)15-12-10-14(11-13-15)22-20(28)23-17-7-3-2-6-16(17)21/h2-13,24H,1H3,(H2,22,23,28). The molecule has 29 heavy (non-hydrogen) atoms. The molecule has 0 bridgehead atoms. The van der Waals surface area contributed by atoms with E-state index in [4.69, 9.17) is 28.6 Å². The number of rotatable bonds is 6. The van der Waals surface area contributed by atoms with Crippen LogP contribution in [-0.4, -0.2) is 20.6 Å². The van der Waals surface area contributed by atoms with Crippen LogP contribution in [0.3, 0.4) is 0 Å². The van der Waals surface area contributed by atoms with Gasteiger partial charge in [0.1, 0.15) is 5.75 Å². The van der Waals surface area contributed by atoms with Gasteiger partial charge in [0.25, 0.3) is 10.0 Å². The first-order valence-corrected chi connectivity index (χ1v) is 10.7. The lowest BCUT2D eigenvalue weighted by Gasteiger charge is -2.13. The number of anilines is 3. The molecule has 9 heteroatoms. The van der Waals surface area contributed by atoms with Gasteiger partial charge in [0, 0.05) is 5.69 Å². The van der Waals surface area contributed by atoms with Crippen molar-refractivity contribution in [3.63, 3.8) is 0 Å². The maximum Gasteiger partial charge on any atom is 0.262 e. The molecule has 0 unspecified atom stereocenters. The van der Waals surface area contributed by atoms with E-state index >= 15 is 0 Å². The molecule has 0 saturated carbocycles. The summed E-state index contributed by atoms with van der Waals surface area (Å²) in [6, 6.07) is 20.2. The molecule has 150 valence electrons. The number of hydrogen-bond acceptors (Lipinski definition) is 4. The third-order valence-electron chi connectivity index (χ3n) is 3.90. The zero-order valence-corrected chi connectivity index (χ0v) is 17.7. The first kappa shape index (κ1) is 20.9. The monoisotopic (exact) mass is 447 g/mol. The van der Waals surface area contributed by atoms with E-state index in [1.54, 1.807) is 48.5 Å². The van der Waals surface area contributed by atoms with Crippen LogP contribution in [0.1, 0.15) is 0 Å². The van der Waals surface area contributed by atoms with Crippen molar-refractivity contribution in [2.75, 3.05) is 22.5 Å². The van der Waals surface area contributed by atoms with Crippen LogP contribution in [0.15, 0.2) is 77.7 Å². The van der Waals surface area contributed by atoms with E-state index in [-0.39, 0.29) is 4.90 Å². The summed E-state index contributed by atoms with van der Waals surface area (Å²) in [5, 5.41) is 6.86. The number of benzene rings is 3. The lowest BCUT2D eigenvalue weighted by molar-refractivity contribution is 0.417. The fourth-order valence-electron chi connectivity index (χ4n) is 2.50. The molecule has 3 rings (SSSR count). The molecule has 6 nitrogen and oxygen atoms in total. The summed E-state index contributed by atoms with van der Waals surface area (Å²) in [6.07, 6.45) is 0. The highest BCUT2D eigenvalue weighted by molar-refractivity contribution is 7.92.